The molecule has 2 aromatic rings. The molecule has 1 aromatic heterocycles. The molecule has 112 valence electrons. The Morgan fingerprint density at radius 2 is 2.00 bits per heavy atom. The van der Waals surface area contributed by atoms with E-state index in [9.17, 15) is 8.42 Å². The Hall–Kier alpha value is -1.89. The van der Waals surface area contributed by atoms with Crippen LogP contribution in [0.2, 0.25) is 0 Å². The lowest BCUT2D eigenvalue weighted by molar-refractivity contribution is 0.340. The van der Waals surface area contributed by atoms with Gasteiger partial charge in [0.2, 0.25) is 5.89 Å². The molecule has 6 nitrogen and oxygen atoms in total. The fourth-order valence-electron chi connectivity index (χ4n) is 1.99. The van der Waals surface area contributed by atoms with Gasteiger partial charge in [-0.3, -0.25) is 0 Å². The van der Waals surface area contributed by atoms with Crippen LogP contribution in [-0.2, 0) is 15.6 Å². The highest BCUT2D eigenvalue weighted by Gasteiger charge is 2.29. The van der Waals surface area contributed by atoms with Crippen LogP contribution in [0.5, 0.6) is 5.75 Å². The van der Waals surface area contributed by atoms with Crippen LogP contribution in [0.3, 0.4) is 0 Å². The molecule has 0 saturated heterocycles. The van der Waals surface area contributed by atoms with Gasteiger partial charge in [-0.2, -0.15) is 4.98 Å². The Balaban J connectivity index is 1.75. The quantitative estimate of drug-likeness (QED) is 0.814. The van der Waals surface area contributed by atoms with Gasteiger partial charge in [0.25, 0.3) is 0 Å². The second kappa shape index (κ2) is 5.48. The first kappa shape index (κ1) is 14.1. The van der Waals surface area contributed by atoms with Gasteiger partial charge in [-0.25, -0.2) is 8.42 Å². The summed E-state index contributed by atoms with van der Waals surface area (Å²) in [5, 5.41) is 3.82. The van der Waals surface area contributed by atoms with Gasteiger partial charge in [0.15, 0.2) is 15.7 Å². The molecule has 0 atom stereocenters. The Morgan fingerprint density at radius 3 is 2.62 bits per heavy atom. The number of hydrogen-bond donors (Lipinski definition) is 0. The van der Waals surface area contributed by atoms with Crippen LogP contribution < -0.4 is 4.74 Å². The van der Waals surface area contributed by atoms with E-state index < -0.39 is 9.84 Å². The van der Waals surface area contributed by atoms with Crippen molar-refractivity contribution >= 4 is 9.84 Å². The van der Waals surface area contributed by atoms with Crippen molar-refractivity contribution in [2.75, 3.05) is 6.61 Å². The van der Waals surface area contributed by atoms with E-state index in [-0.39, 0.29) is 16.5 Å². The summed E-state index contributed by atoms with van der Waals surface area (Å²) in [5.74, 6) is 1.47. The van der Waals surface area contributed by atoms with Gasteiger partial charge >= 0.3 is 0 Å². The second-order valence-corrected chi connectivity index (χ2v) is 6.97. The molecule has 1 heterocycles. The van der Waals surface area contributed by atoms with Gasteiger partial charge in [0.05, 0.1) is 11.5 Å². The van der Waals surface area contributed by atoms with Crippen LogP contribution in [0.1, 0.15) is 37.4 Å². The van der Waals surface area contributed by atoms with Crippen molar-refractivity contribution in [1.29, 1.82) is 0 Å². The number of sulfone groups is 1. The molecule has 1 aliphatic rings. The lowest BCUT2D eigenvalue weighted by atomic mass is 10.3. The second-order valence-electron chi connectivity index (χ2n) is 4.98. The third-order valence-electron chi connectivity index (χ3n) is 3.23. The summed E-state index contributed by atoms with van der Waals surface area (Å²) >= 11 is 0. The fourth-order valence-corrected chi connectivity index (χ4v) is 3.15. The van der Waals surface area contributed by atoms with E-state index in [0.29, 0.717) is 24.1 Å². The monoisotopic (exact) mass is 308 g/mol. The summed E-state index contributed by atoms with van der Waals surface area (Å²) in [4.78, 5) is 4.37. The number of aromatic nitrogens is 2. The first-order valence-corrected chi connectivity index (χ1v) is 8.52. The van der Waals surface area contributed by atoms with Crippen molar-refractivity contribution in [2.45, 2.75) is 36.3 Å². The molecule has 0 aliphatic heterocycles. The zero-order chi connectivity index (χ0) is 14.9. The highest BCUT2D eigenvalue weighted by Crippen LogP contribution is 2.38. The number of nitrogens with zero attached hydrogens (tertiary/aromatic N) is 2. The van der Waals surface area contributed by atoms with Crippen molar-refractivity contribution in [2.24, 2.45) is 0 Å². The maximum atomic E-state index is 12.3. The van der Waals surface area contributed by atoms with Crippen LogP contribution in [0.25, 0.3) is 0 Å². The molecule has 7 heteroatoms. The predicted octanol–water partition coefficient (Wildman–Crippen LogP) is 2.32. The van der Waals surface area contributed by atoms with Gasteiger partial charge in [-0.1, -0.05) is 5.16 Å². The molecule has 1 aliphatic carbocycles. The van der Waals surface area contributed by atoms with Crippen LogP contribution >= 0.6 is 0 Å². The molecule has 1 saturated carbocycles. The maximum Gasteiger partial charge on any atom is 0.242 e. The predicted molar refractivity (Wildman–Crippen MR) is 74.8 cm³/mol. The molecule has 0 radical (unpaired) electrons. The van der Waals surface area contributed by atoms with Crippen molar-refractivity contribution in [3.05, 3.63) is 36.0 Å². The number of hydrogen-bond acceptors (Lipinski definition) is 6. The van der Waals surface area contributed by atoms with E-state index in [1.54, 1.807) is 12.1 Å². The summed E-state index contributed by atoms with van der Waals surface area (Å²) < 4.78 is 34.9. The number of rotatable bonds is 6. The van der Waals surface area contributed by atoms with Crippen molar-refractivity contribution < 1.29 is 17.7 Å². The van der Waals surface area contributed by atoms with Crippen LogP contribution in [0.4, 0.5) is 0 Å². The van der Waals surface area contributed by atoms with Crippen LogP contribution in [-0.4, -0.2) is 25.2 Å². The minimum atomic E-state index is -3.49. The highest BCUT2D eigenvalue weighted by atomic mass is 32.2. The first-order valence-electron chi connectivity index (χ1n) is 6.86. The van der Waals surface area contributed by atoms with Crippen molar-refractivity contribution in [3.8, 4) is 5.75 Å². The van der Waals surface area contributed by atoms with Crippen LogP contribution in [0, 0.1) is 0 Å². The third kappa shape index (κ3) is 3.24. The van der Waals surface area contributed by atoms with Crippen molar-refractivity contribution in [1.82, 2.24) is 10.1 Å². The maximum absolute atomic E-state index is 12.3. The number of ether oxygens (including phenoxy) is 1. The average Bonchev–Trinajstić information content (AvgIpc) is 3.21. The summed E-state index contributed by atoms with van der Waals surface area (Å²) in [6, 6.07) is 6.33. The average molecular weight is 308 g/mol. The topological polar surface area (TPSA) is 82.3 Å². The minimum Gasteiger partial charge on any atom is -0.494 e. The fraction of sp³-hybridized carbons (Fsp3) is 0.429. The smallest absolute Gasteiger partial charge is 0.242 e. The van der Waals surface area contributed by atoms with Gasteiger partial charge in [0, 0.05) is 5.92 Å². The lowest BCUT2D eigenvalue weighted by Gasteiger charge is -2.04. The molecule has 0 N–H and O–H groups in total. The zero-order valence-corrected chi connectivity index (χ0v) is 12.5. The van der Waals surface area contributed by atoms with Crippen LogP contribution in [0.15, 0.2) is 33.7 Å². The van der Waals surface area contributed by atoms with E-state index >= 15 is 0 Å². The van der Waals surface area contributed by atoms with Gasteiger partial charge in [-0.15, -0.1) is 0 Å². The summed E-state index contributed by atoms with van der Waals surface area (Å²) in [7, 11) is -3.49. The number of benzene rings is 1. The minimum absolute atomic E-state index is 0.144. The largest absolute Gasteiger partial charge is 0.494 e. The summed E-state index contributed by atoms with van der Waals surface area (Å²) in [6.07, 6.45) is 2.09. The normalized spacial score (nSPS) is 15.1. The Kier molecular flexibility index (Phi) is 3.67. The molecule has 1 fully saturated rings. The molecule has 0 amide bonds. The Labute approximate surface area is 123 Å². The third-order valence-corrected chi connectivity index (χ3v) is 4.85. The standard InChI is InChI=1S/C14H16N2O4S/c1-2-19-11-5-7-12(8-6-11)21(17,18)9-13-15-14(16-20-13)10-3-4-10/h5-8,10H,2-4,9H2,1H3. The van der Waals surface area contributed by atoms with Gasteiger partial charge in [0.1, 0.15) is 11.5 Å². The van der Waals surface area contributed by atoms with E-state index in [4.69, 9.17) is 9.26 Å². The van der Waals surface area contributed by atoms with E-state index in [2.05, 4.69) is 10.1 Å². The molecular weight excluding hydrogens is 292 g/mol. The molecule has 0 unspecified atom stereocenters. The van der Waals surface area contributed by atoms with E-state index in [0.717, 1.165) is 12.8 Å². The van der Waals surface area contributed by atoms with Gasteiger partial charge < -0.3 is 9.26 Å². The van der Waals surface area contributed by atoms with Crippen molar-refractivity contribution in [3.63, 3.8) is 0 Å². The summed E-state index contributed by atoms with van der Waals surface area (Å²) in [5.41, 5.74) is 0. The molecule has 3 rings (SSSR count). The zero-order valence-electron chi connectivity index (χ0n) is 11.7. The molecule has 0 bridgehead atoms. The Morgan fingerprint density at radius 1 is 1.29 bits per heavy atom. The first-order chi connectivity index (χ1) is 10.1. The Bertz CT molecular complexity index is 718. The van der Waals surface area contributed by atoms with E-state index in [1.165, 1.54) is 12.1 Å². The molecule has 0 spiro atoms. The highest BCUT2D eigenvalue weighted by molar-refractivity contribution is 7.90. The van der Waals surface area contributed by atoms with Gasteiger partial charge in [-0.05, 0) is 44.0 Å². The summed E-state index contributed by atoms with van der Waals surface area (Å²) in [6.45, 7) is 2.41. The lowest BCUT2D eigenvalue weighted by Crippen LogP contribution is -2.05. The van der Waals surface area contributed by atoms with E-state index in [1.807, 2.05) is 6.92 Å². The molecular formula is C14H16N2O4S. The molecule has 21 heavy (non-hydrogen) atoms. The SMILES string of the molecule is CCOc1ccc(S(=O)(=O)Cc2nc(C3CC3)no2)cc1. The molecule has 1 aromatic carbocycles.